The summed E-state index contributed by atoms with van der Waals surface area (Å²) in [6.45, 7) is 13.1. The monoisotopic (exact) mass is 416 g/mol. The predicted octanol–water partition coefficient (Wildman–Crippen LogP) is 4.67. The Morgan fingerprint density at radius 2 is 1.63 bits per heavy atom. The molecule has 0 saturated carbocycles. The molecule has 0 aliphatic heterocycles. The Morgan fingerprint density at radius 1 is 1.00 bits per heavy atom. The van der Waals surface area contributed by atoms with Crippen LogP contribution in [0, 0.1) is 5.82 Å². The molecule has 1 aromatic rings. The highest BCUT2D eigenvalue weighted by Gasteiger charge is 2.11. The van der Waals surface area contributed by atoms with Crippen molar-refractivity contribution in [1.29, 1.82) is 0 Å². The van der Waals surface area contributed by atoms with Gasteiger partial charge in [-0.1, -0.05) is 19.2 Å². The second-order valence-corrected chi connectivity index (χ2v) is 6.58. The molecule has 160 valence electrons. The van der Waals surface area contributed by atoms with Crippen LogP contribution in [-0.2, 0) is 23.9 Å². The van der Waals surface area contributed by atoms with Crippen LogP contribution < -0.4 is 4.74 Å². The third kappa shape index (κ3) is 8.26. The van der Waals surface area contributed by atoms with Crippen molar-refractivity contribution in [3.8, 4) is 5.75 Å². The quantitative estimate of drug-likeness (QED) is 0.191. The van der Waals surface area contributed by atoms with E-state index in [-0.39, 0.29) is 29.9 Å². The molecule has 1 rings (SSSR count). The lowest BCUT2D eigenvalue weighted by Gasteiger charge is -2.08. The summed E-state index contributed by atoms with van der Waals surface area (Å²) < 4.78 is 29.3. The maximum atomic E-state index is 14.4. The Morgan fingerprint density at radius 3 is 2.20 bits per heavy atom. The maximum Gasteiger partial charge on any atom is 0.338 e. The SMILES string of the molecule is C=C(C)C(=O)OCCC(=O)Oc1ccc(/C(C)=C/C=C(\C)OC(=O)C(=C)C)c(F)c1. The van der Waals surface area contributed by atoms with E-state index in [1.165, 1.54) is 32.1 Å². The number of ether oxygens (including phenoxy) is 3. The second kappa shape index (κ2) is 11.5. The summed E-state index contributed by atoms with van der Waals surface area (Å²) >= 11 is 0. The molecule has 0 aromatic heterocycles. The van der Waals surface area contributed by atoms with E-state index in [0.29, 0.717) is 16.9 Å². The second-order valence-electron chi connectivity index (χ2n) is 6.58. The third-order valence-electron chi connectivity index (χ3n) is 3.66. The van der Waals surface area contributed by atoms with Crippen molar-refractivity contribution in [3.63, 3.8) is 0 Å². The molecule has 0 heterocycles. The molecule has 0 amide bonds. The van der Waals surface area contributed by atoms with Crippen molar-refractivity contribution in [2.24, 2.45) is 0 Å². The molecule has 0 radical (unpaired) electrons. The molecule has 0 aliphatic rings. The van der Waals surface area contributed by atoms with Crippen LogP contribution in [0.1, 0.15) is 39.7 Å². The molecule has 0 N–H and O–H groups in total. The van der Waals surface area contributed by atoms with E-state index >= 15 is 0 Å². The molecule has 7 heteroatoms. The van der Waals surface area contributed by atoms with Crippen LogP contribution in [0.25, 0.3) is 5.57 Å². The van der Waals surface area contributed by atoms with Crippen LogP contribution in [0.4, 0.5) is 4.39 Å². The van der Waals surface area contributed by atoms with Gasteiger partial charge in [-0.15, -0.1) is 0 Å². The first-order valence-corrected chi connectivity index (χ1v) is 9.07. The number of carbonyl (C=O) groups excluding carboxylic acids is 3. The first kappa shape index (κ1) is 24.6. The number of hydrogen-bond acceptors (Lipinski definition) is 6. The summed E-state index contributed by atoms with van der Waals surface area (Å²) in [5.41, 5.74) is 1.36. The van der Waals surface area contributed by atoms with Gasteiger partial charge in [0.2, 0.25) is 0 Å². The largest absolute Gasteiger partial charge is 0.462 e. The third-order valence-corrected chi connectivity index (χ3v) is 3.66. The first-order valence-electron chi connectivity index (χ1n) is 9.07. The number of benzene rings is 1. The van der Waals surface area contributed by atoms with Crippen molar-refractivity contribution in [2.75, 3.05) is 6.61 Å². The lowest BCUT2D eigenvalue weighted by atomic mass is 10.1. The fourth-order valence-electron chi connectivity index (χ4n) is 2.01. The lowest BCUT2D eigenvalue weighted by Crippen LogP contribution is -2.14. The van der Waals surface area contributed by atoms with Gasteiger partial charge in [0.15, 0.2) is 0 Å². The fraction of sp³-hybridized carbons (Fsp3) is 0.261. The van der Waals surface area contributed by atoms with Crippen LogP contribution >= 0.6 is 0 Å². The summed E-state index contributed by atoms with van der Waals surface area (Å²) in [5, 5.41) is 0. The van der Waals surface area contributed by atoms with Crippen LogP contribution in [0.5, 0.6) is 5.75 Å². The van der Waals surface area contributed by atoms with Crippen molar-refractivity contribution in [2.45, 2.75) is 34.1 Å². The van der Waals surface area contributed by atoms with Gasteiger partial charge in [-0.05, 0) is 51.5 Å². The Labute approximate surface area is 175 Å². The topological polar surface area (TPSA) is 78.9 Å². The molecule has 0 bridgehead atoms. The van der Waals surface area contributed by atoms with E-state index in [0.717, 1.165) is 6.07 Å². The molecule has 6 nitrogen and oxygen atoms in total. The van der Waals surface area contributed by atoms with Crippen molar-refractivity contribution in [1.82, 2.24) is 0 Å². The molecule has 0 fully saturated rings. The normalized spacial score (nSPS) is 11.5. The van der Waals surface area contributed by atoms with Gasteiger partial charge in [-0.2, -0.15) is 0 Å². The smallest absolute Gasteiger partial charge is 0.338 e. The lowest BCUT2D eigenvalue weighted by molar-refractivity contribution is -0.142. The minimum atomic E-state index is -0.665. The number of esters is 3. The highest BCUT2D eigenvalue weighted by atomic mass is 19.1. The number of rotatable bonds is 9. The Kier molecular flexibility index (Phi) is 9.42. The number of hydrogen-bond donors (Lipinski definition) is 0. The van der Waals surface area contributed by atoms with Gasteiger partial charge in [0, 0.05) is 22.8 Å². The average Bonchev–Trinajstić information content (AvgIpc) is 2.65. The van der Waals surface area contributed by atoms with Crippen LogP contribution in [-0.4, -0.2) is 24.5 Å². The summed E-state index contributed by atoms with van der Waals surface area (Å²) in [6.07, 6.45) is 2.96. The van der Waals surface area contributed by atoms with Gasteiger partial charge in [0.05, 0.1) is 6.42 Å². The zero-order valence-corrected chi connectivity index (χ0v) is 17.5. The van der Waals surface area contributed by atoms with E-state index in [1.807, 2.05) is 0 Å². The minimum absolute atomic E-state index is 0.0300. The summed E-state index contributed by atoms with van der Waals surface area (Å²) in [5.74, 6) is -2.03. The van der Waals surface area contributed by atoms with Gasteiger partial charge in [0.1, 0.15) is 23.9 Å². The average molecular weight is 416 g/mol. The maximum absolute atomic E-state index is 14.4. The van der Waals surface area contributed by atoms with Crippen LogP contribution in [0.2, 0.25) is 0 Å². The zero-order valence-electron chi connectivity index (χ0n) is 17.5. The molecule has 0 atom stereocenters. The number of halogens is 1. The number of carbonyl (C=O) groups is 3. The van der Waals surface area contributed by atoms with Gasteiger partial charge in [-0.3, -0.25) is 4.79 Å². The molecule has 1 aromatic carbocycles. The standard InChI is InChI=1S/C23H25FO6/c1-14(2)22(26)28-12-11-21(25)30-18-9-10-19(20(24)13-18)16(5)7-8-17(6)29-23(27)15(3)4/h7-10,13H,1,3,11-12H2,2,4-6H3/b16-7+,17-8+. The van der Waals surface area contributed by atoms with E-state index in [4.69, 9.17) is 14.2 Å². The Bertz CT molecular complexity index is 924. The Balaban J connectivity index is 2.73. The van der Waals surface area contributed by atoms with Crippen molar-refractivity contribution >= 4 is 23.5 Å². The highest BCUT2D eigenvalue weighted by Crippen LogP contribution is 2.23. The fourth-order valence-corrected chi connectivity index (χ4v) is 2.01. The predicted molar refractivity (Wildman–Crippen MR) is 111 cm³/mol. The van der Waals surface area contributed by atoms with Gasteiger partial charge in [-0.25, -0.2) is 14.0 Å². The van der Waals surface area contributed by atoms with Crippen LogP contribution in [0.3, 0.4) is 0 Å². The van der Waals surface area contributed by atoms with Gasteiger partial charge < -0.3 is 14.2 Å². The van der Waals surface area contributed by atoms with E-state index in [2.05, 4.69) is 13.2 Å². The van der Waals surface area contributed by atoms with Crippen molar-refractivity contribution < 1.29 is 33.0 Å². The first-order chi connectivity index (χ1) is 14.0. The molecular weight excluding hydrogens is 391 g/mol. The summed E-state index contributed by atoms with van der Waals surface area (Å²) in [4.78, 5) is 34.5. The summed E-state index contributed by atoms with van der Waals surface area (Å²) in [7, 11) is 0. The van der Waals surface area contributed by atoms with Gasteiger partial charge >= 0.3 is 17.9 Å². The van der Waals surface area contributed by atoms with E-state index in [1.54, 1.807) is 19.9 Å². The summed E-state index contributed by atoms with van der Waals surface area (Å²) in [6, 6.07) is 4.00. The Hall–Kier alpha value is -3.48. The van der Waals surface area contributed by atoms with Crippen LogP contribution in [0.15, 0.2) is 60.4 Å². The molecular formula is C23H25FO6. The zero-order chi connectivity index (χ0) is 22.8. The van der Waals surface area contributed by atoms with E-state index in [9.17, 15) is 18.8 Å². The molecule has 0 aliphatic carbocycles. The van der Waals surface area contributed by atoms with E-state index < -0.39 is 23.7 Å². The molecule has 0 spiro atoms. The highest BCUT2D eigenvalue weighted by molar-refractivity contribution is 5.88. The molecule has 0 unspecified atom stereocenters. The number of allylic oxidation sites excluding steroid dienone is 4. The minimum Gasteiger partial charge on any atom is -0.462 e. The molecule has 30 heavy (non-hydrogen) atoms. The molecule has 0 saturated heterocycles. The van der Waals surface area contributed by atoms with Gasteiger partial charge in [0.25, 0.3) is 0 Å². The van der Waals surface area contributed by atoms with Crippen molar-refractivity contribution in [3.05, 3.63) is 71.8 Å².